The zero-order valence-corrected chi connectivity index (χ0v) is 11.5. The second kappa shape index (κ2) is 7.61. The lowest BCUT2D eigenvalue weighted by Gasteiger charge is -2.20. The van der Waals surface area contributed by atoms with Crippen molar-refractivity contribution in [2.45, 2.75) is 13.1 Å². The van der Waals surface area contributed by atoms with E-state index in [-0.39, 0.29) is 6.61 Å². The van der Waals surface area contributed by atoms with E-state index < -0.39 is 0 Å². The minimum absolute atomic E-state index is 0.159. The van der Waals surface area contributed by atoms with Gasteiger partial charge in [0.05, 0.1) is 6.61 Å². The van der Waals surface area contributed by atoms with E-state index in [2.05, 4.69) is 33.5 Å². The first-order valence-electron chi connectivity index (χ1n) is 5.62. The molecule has 0 amide bonds. The number of hydrogen-bond acceptors (Lipinski definition) is 3. The summed E-state index contributed by atoms with van der Waals surface area (Å²) in [5.74, 6) is 0. The van der Waals surface area contributed by atoms with Gasteiger partial charge in [-0.3, -0.25) is 4.90 Å². The molecular weight excluding hydrogens is 280 g/mol. The van der Waals surface area contributed by atoms with Crippen LogP contribution in [-0.4, -0.2) is 29.7 Å². The normalized spacial score (nSPS) is 10.8. The molecule has 0 atom stereocenters. The molecule has 0 spiro atoms. The lowest BCUT2D eigenvalue weighted by molar-refractivity contribution is 0.203. The van der Waals surface area contributed by atoms with Crippen molar-refractivity contribution in [1.29, 1.82) is 0 Å². The van der Waals surface area contributed by atoms with E-state index in [9.17, 15) is 0 Å². The first-order valence-corrected chi connectivity index (χ1v) is 6.42. The smallest absolute Gasteiger partial charge is 0.0558 e. The average Bonchev–Trinajstić information content (AvgIpc) is 2.32. The Kier molecular flexibility index (Phi) is 6.44. The summed E-state index contributed by atoms with van der Waals surface area (Å²) < 4.78 is 1.06. The summed E-state index contributed by atoms with van der Waals surface area (Å²) in [5.41, 5.74) is 7.89. The first kappa shape index (κ1) is 14.4. The van der Waals surface area contributed by atoms with E-state index in [1.54, 1.807) is 0 Å². The molecule has 0 aliphatic heterocycles. The third-order valence-corrected chi connectivity index (χ3v) is 3.29. The molecule has 0 bridgehead atoms. The van der Waals surface area contributed by atoms with E-state index in [1.807, 2.05) is 18.2 Å². The van der Waals surface area contributed by atoms with Gasteiger partial charge in [-0.15, -0.1) is 6.58 Å². The van der Waals surface area contributed by atoms with Gasteiger partial charge in [-0.2, -0.15) is 0 Å². The molecule has 17 heavy (non-hydrogen) atoms. The molecule has 3 N–H and O–H groups in total. The van der Waals surface area contributed by atoms with Gasteiger partial charge < -0.3 is 10.8 Å². The zero-order chi connectivity index (χ0) is 12.7. The van der Waals surface area contributed by atoms with Gasteiger partial charge in [-0.25, -0.2) is 0 Å². The van der Waals surface area contributed by atoms with Crippen LogP contribution < -0.4 is 5.73 Å². The van der Waals surface area contributed by atoms with Crippen LogP contribution in [0.25, 0.3) is 0 Å². The summed E-state index contributed by atoms with van der Waals surface area (Å²) in [7, 11) is 0. The van der Waals surface area contributed by atoms with Crippen molar-refractivity contribution in [3.05, 3.63) is 46.5 Å². The number of aliphatic hydroxyl groups excluding tert-OH is 1. The van der Waals surface area contributed by atoms with Gasteiger partial charge in [0.15, 0.2) is 0 Å². The topological polar surface area (TPSA) is 49.5 Å². The summed E-state index contributed by atoms with van der Waals surface area (Å²) in [6, 6.07) is 6.14. The third kappa shape index (κ3) is 4.60. The van der Waals surface area contributed by atoms with Crippen LogP contribution in [0.2, 0.25) is 0 Å². The minimum Gasteiger partial charge on any atom is -0.395 e. The van der Waals surface area contributed by atoms with Crippen molar-refractivity contribution >= 4 is 15.9 Å². The summed E-state index contributed by atoms with van der Waals surface area (Å²) in [6.07, 6.45) is 1.85. The largest absolute Gasteiger partial charge is 0.395 e. The molecule has 0 aliphatic carbocycles. The van der Waals surface area contributed by atoms with Crippen molar-refractivity contribution in [2.75, 3.05) is 19.7 Å². The molecule has 1 rings (SSSR count). The van der Waals surface area contributed by atoms with Crippen molar-refractivity contribution in [2.24, 2.45) is 5.73 Å². The van der Waals surface area contributed by atoms with E-state index >= 15 is 0 Å². The maximum atomic E-state index is 8.99. The van der Waals surface area contributed by atoms with Crippen LogP contribution in [0.4, 0.5) is 0 Å². The Labute approximate surface area is 111 Å². The predicted molar refractivity (Wildman–Crippen MR) is 74.6 cm³/mol. The maximum absolute atomic E-state index is 8.99. The Bertz CT molecular complexity index is 368. The summed E-state index contributed by atoms with van der Waals surface area (Å²) in [6.45, 7) is 6.64. The molecule has 0 aromatic heterocycles. The number of nitrogens with two attached hydrogens (primary N) is 1. The fourth-order valence-corrected chi connectivity index (χ4v) is 2.20. The monoisotopic (exact) mass is 298 g/mol. The Morgan fingerprint density at radius 3 is 2.76 bits per heavy atom. The van der Waals surface area contributed by atoms with E-state index in [4.69, 9.17) is 10.8 Å². The molecule has 0 heterocycles. The van der Waals surface area contributed by atoms with Gasteiger partial charge in [-0.1, -0.05) is 34.1 Å². The first-order chi connectivity index (χ1) is 8.21. The van der Waals surface area contributed by atoms with Crippen LogP contribution in [0.3, 0.4) is 0 Å². The van der Waals surface area contributed by atoms with Gasteiger partial charge in [0.2, 0.25) is 0 Å². The van der Waals surface area contributed by atoms with Crippen LogP contribution in [0, 0.1) is 0 Å². The summed E-state index contributed by atoms with van der Waals surface area (Å²) in [4.78, 5) is 2.13. The molecule has 94 valence electrons. The summed E-state index contributed by atoms with van der Waals surface area (Å²) in [5, 5.41) is 8.99. The minimum atomic E-state index is 0.159. The predicted octanol–water partition coefficient (Wildman–Crippen LogP) is 1.89. The molecule has 0 saturated carbocycles. The van der Waals surface area contributed by atoms with Crippen molar-refractivity contribution in [3.8, 4) is 0 Å². The highest BCUT2D eigenvalue weighted by Crippen LogP contribution is 2.20. The molecule has 0 aliphatic rings. The lowest BCUT2D eigenvalue weighted by atomic mass is 10.1. The molecule has 3 nitrogen and oxygen atoms in total. The molecule has 1 aromatic carbocycles. The number of aliphatic hydroxyl groups is 1. The van der Waals surface area contributed by atoms with Gasteiger partial charge in [-0.05, 0) is 17.2 Å². The van der Waals surface area contributed by atoms with E-state index in [0.29, 0.717) is 13.1 Å². The number of benzene rings is 1. The molecule has 0 unspecified atom stereocenters. The molecular formula is C13H19BrN2O. The Morgan fingerprint density at radius 2 is 2.24 bits per heavy atom. The maximum Gasteiger partial charge on any atom is 0.0558 e. The van der Waals surface area contributed by atoms with Crippen LogP contribution in [0.5, 0.6) is 0 Å². The van der Waals surface area contributed by atoms with Gasteiger partial charge in [0.25, 0.3) is 0 Å². The lowest BCUT2D eigenvalue weighted by Crippen LogP contribution is -2.26. The highest BCUT2D eigenvalue weighted by atomic mass is 79.9. The van der Waals surface area contributed by atoms with E-state index in [1.165, 1.54) is 5.56 Å². The fourth-order valence-electron chi connectivity index (χ4n) is 1.65. The quantitative estimate of drug-likeness (QED) is 0.756. The fraction of sp³-hybridized carbons (Fsp3) is 0.385. The number of halogens is 1. The van der Waals surface area contributed by atoms with Crippen molar-refractivity contribution in [1.82, 2.24) is 4.90 Å². The summed E-state index contributed by atoms with van der Waals surface area (Å²) >= 11 is 3.55. The standard InChI is InChI=1S/C13H19BrN2O/c1-2-5-16(6-7-17)10-12-4-3-11(9-15)8-13(12)14/h2-4,8,17H,1,5-7,9-10,15H2. The Balaban J connectivity index is 2.74. The van der Waals surface area contributed by atoms with Gasteiger partial charge in [0, 0.05) is 30.7 Å². The molecule has 0 saturated heterocycles. The highest BCUT2D eigenvalue weighted by molar-refractivity contribution is 9.10. The van der Waals surface area contributed by atoms with Crippen molar-refractivity contribution in [3.63, 3.8) is 0 Å². The second-order valence-corrected chi connectivity index (χ2v) is 4.73. The van der Waals surface area contributed by atoms with Crippen LogP contribution in [0.1, 0.15) is 11.1 Å². The average molecular weight is 299 g/mol. The van der Waals surface area contributed by atoms with Crippen molar-refractivity contribution < 1.29 is 5.11 Å². The number of nitrogens with zero attached hydrogens (tertiary/aromatic N) is 1. The molecule has 0 radical (unpaired) electrons. The Hall–Kier alpha value is -0.680. The van der Waals surface area contributed by atoms with Crippen LogP contribution >= 0.6 is 15.9 Å². The second-order valence-electron chi connectivity index (χ2n) is 3.88. The van der Waals surface area contributed by atoms with Gasteiger partial charge >= 0.3 is 0 Å². The SMILES string of the molecule is C=CCN(CCO)Cc1ccc(CN)cc1Br. The Morgan fingerprint density at radius 1 is 1.47 bits per heavy atom. The molecule has 0 fully saturated rings. The van der Waals surface area contributed by atoms with E-state index in [0.717, 1.165) is 23.1 Å². The number of rotatable bonds is 7. The number of hydrogen-bond donors (Lipinski definition) is 2. The van der Waals surface area contributed by atoms with Crippen LogP contribution in [-0.2, 0) is 13.1 Å². The zero-order valence-electron chi connectivity index (χ0n) is 9.90. The molecule has 4 heteroatoms. The molecule has 1 aromatic rings. The van der Waals surface area contributed by atoms with Crippen LogP contribution in [0.15, 0.2) is 35.3 Å². The van der Waals surface area contributed by atoms with Gasteiger partial charge in [0.1, 0.15) is 0 Å². The third-order valence-electron chi connectivity index (χ3n) is 2.55. The highest BCUT2D eigenvalue weighted by Gasteiger charge is 2.07.